The van der Waals surface area contributed by atoms with Crippen LogP contribution in [0.4, 0.5) is 0 Å². The first-order valence-corrected chi connectivity index (χ1v) is 9.86. The van der Waals surface area contributed by atoms with Gasteiger partial charge in [-0.05, 0) is 38.2 Å². The molecule has 4 heteroatoms. The van der Waals surface area contributed by atoms with Crippen molar-refractivity contribution in [2.75, 3.05) is 11.5 Å². The monoisotopic (exact) mass is 322 g/mol. The quantitative estimate of drug-likeness (QED) is 0.540. The van der Waals surface area contributed by atoms with Crippen LogP contribution in [0, 0.1) is 0 Å². The van der Waals surface area contributed by atoms with Gasteiger partial charge in [0.05, 0.1) is 24.4 Å². The van der Waals surface area contributed by atoms with Gasteiger partial charge in [-0.3, -0.25) is 0 Å². The molecular weight excluding hydrogens is 288 g/mol. The predicted molar refractivity (Wildman–Crippen MR) is 95.2 cm³/mol. The highest BCUT2D eigenvalue weighted by molar-refractivity contribution is 8.00. The summed E-state index contributed by atoms with van der Waals surface area (Å²) in [6, 6.07) is 0. The molecule has 0 aromatic carbocycles. The lowest BCUT2D eigenvalue weighted by molar-refractivity contribution is -0.0901. The van der Waals surface area contributed by atoms with E-state index in [1.54, 1.807) is 0 Å². The third kappa shape index (κ3) is 11.3. The minimum atomic E-state index is 0.177. The summed E-state index contributed by atoms with van der Waals surface area (Å²) in [5.41, 5.74) is 0. The van der Waals surface area contributed by atoms with Crippen molar-refractivity contribution >= 4 is 23.5 Å². The van der Waals surface area contributed by atoms with Crippen molar-refractivity contribution in [3.8, 4) is 0 Å². The second-order valence-electron chi connectivity index (χ2n) is 6.21. The highest BCUT2D eigenvalue weighted by Gasteiger charge is 2.26. The summed E-state index contributed by atoms with van der Waals surface area (Å²) in [5, 5.41) is 1.26. The Morgan fingerprint density at radius 1 is 0.600 bits per heavy atom. The Labute approximate surface area is 135 Å². The smallest absolute Gasteiger partial charge is 0.0938 e. The maximum Gasteiger partial charge on any atom is 0.0938 e. The molecule has 2 unspecified atom stereocenters. The van der Waals surface area contributed by atoms with Gasteiger partial charge in [-0.2, -0.15) is 23.5 Å². The Balaban J connectivity index is 4.66. The largest absolute Gasteiger partial charge is 0.372 e. The summed E-state index contributed by atoms with van der Waals surface area (Å²) in [7, 11) is 0. The molecule has 0 bridgehead atoms. The molecule has 0 rings (SSSR count). The van der Waals surface area contributed by atoms with E-state index in [1.807, 2.05) is 23.5 Å². The van der Waals surface area contributed by atoms with E-state index in [9.17, 15) is 0 Å². The van der Waals surface area contributed by atoms with Gasteiger partial charge in [0.25, 0.3) is 0 Å². The summed E-state index contributed by atoms with van der Waals surface area (Å²) in [6.07, 6.45) is 0.845. The van der Waals surface area contributed by atoms with Crippen LogP contribution in [-0.4, -0.2) is 46.4 Å². The molecule has 0 aliphatic rings. The fraction of sp³-hybridized carbons (Fsp3) is 1.00. The predicted octanol–water partition coefficient (Wildman–Crippen LogP) is 4.86. The van der Waals surface area contributed by atoms with E-state index in [0.29, 0.717) is 10.5 Å². The Morgan fingerprint density at radius 3 is 1.10 bits per heavy atom. The second-order valence-corrected chi connectivity index (χ2v) is 9.43. The van der Waals surface area contributed by atoms with Gasteiger partial charge in [0.1, 0.15) is 0 Å². The maximum atomic E-state index is 6.14. The molecule has 20 heavy (non-hydrogen) atoms. The minimum Gasteiger partial charge on any atom is -0.372 e. The van der Waals surface area contributed by atoms with Gasteiger partial charge in [0.15, 0.2) is 0 Å². The van der Waals surface area contributed by atoms with Crippen LogP contribution >= 0.6 is 23.5 Å². The molecule has 0 aliphatic carbocycles. The van der Waals surface area contributed by atoms with Crippen molar-refractivity contribution in [3.63, 3.8) is 0 Å². The highest BCUT2D eigenvalue weighted by atomic mass is 32.2. The number of hydrogen-bond donors (Lipinski definition) is 0. The molecule has 0 aromatic heterocycles. The van der Waals surface area contributed by atoms with Gasteiger partial charge in [0.2, 0.25) is 0 Å². The third-order valence-corrected chi connectivity index (χ3v) is 4.87. The zero-order valence-corrected chi connectivity index (χ0v) is 16.1. The molecule has 0 heterocycles. The lowest BCUT2D eigenvalue weighted by atomic mass is 10.2. The standard InChI is InChI=1S/C16H34O2S2/c1-11(2)17-15(9-19-13(5)6)16(18-12(3)4)10-20-14(7)8/h11-16H,9-10H2,1-8H3. The second kappa shape index (κ2) is 11.2. The van der Waals surface area contributed by atoms with E-state index in [1.165, 1.54) is 0 Å². The molecule has 2 nitrogen and oxygen atoms in total. The molecule has 0 saturated heterocycles. The fourth-order valence-corrected chi connectivity index (χ4v) is 3.48. The SMILES string of the molecule is CC(C)OC(CSC(C)C)C(CSC(C)C)OC(C)C. The number of hydrogen-bond acceptors (Lipinski definition) is 4. The Bertz CT molecular complexity index is 207. The Hall–Kier alpha value is 0.620. The van der Waals surface area contributed by atoms with Gasteiger partial charge in [-0.15, -0.1) is 0 Å². The van der Waals surface area contributed by atoms with Crippen LogP contribution < -0.4 is 0 Å². The average Bonchev–Trinajstić information content (AvgIpc) is 2.28. The molecule has 0 aliphatic heterocycles. The normalized spacial score (nSPS) is 15.6. The molecule has 2 atom stereocenters. The number of ether oxygens (including phenoxy) is 2. The van der Waals surface area contributed by atoms with Crippen LogP contribution in [0.3, 0.4) is 0 Å². The zero-order valence-electron chi connectivity index (χ0n) is 14.5. The molecule has 0 N–H and O–H groups in total. The molecule has 0 amide bonds. The van der Waals surface area contributed by atoms with E-state index in [0.717, 1.165) is 11.5 Å². The number of rotatable bonds is 11. The molecular formula is C16H34O2S2. The van der Waals surface area contributed by atoms with Crippen molar-refractivity contribution < 1.29 is 9.47 Å². The van der Waals surface area contributed by atoms with Crippen molar-refractivity contribution in [1.29, 1.82) is 0 Å². The first kappa shape index (κ1) is 20.6. The van der Waals surface area contributed by atoms with Gasteiger partial charge >= 0.3 is 0 Å². The lowest BCUT2D eigenvalue weighted by Crippen LogP contribution is -2.39. The van der Waals surface area contributed by atoms with E-state index >= 15 is 0 Å². The van der Waals surface area contributed by atoms with Gasteiger partial charge in [-0.25, -0.2) is 0 Å². The molecule has 0 saturated carbocycles. The van der Waals surface area contributed by atoms with Crippen LogP contribution in [0.2, 0.25) is 0 Å². The summed E-state index contributed by atoms with van der Waals surface area (Å²) in [6.45, 7) is 17.4. The van der Waals surface area contributed by atoms with E-state index < -0.39 is 0 Å². The summed E-state index contributed by atoms with van der Waals surface area (Å²) >= 11 is 3.91. The molecule has 0 spiro atoms. The summed E-state index contributed by atoms with van der Waals surface area (Å²) in [5.74, 6) is 2.01. The lowest BCUT2D eigenvalue weighted by Gasteiger charge is -2.31. The zero-order chi connectivity index (χ0) is 15.7. The van der Waals surface area contributed by atoms with E-state index in [-0.39, 0.29) is 24.4 Å². The van der Waals surface area contributed by atoms with E-state index in [4.69, 9.17) is 9.47 Å². The van der Waals surface area contributed by atoms with Crippen molar-refractivity contribution in [3.05, 3.63) is 0 Å². The highest BCUT2D eigenvalue weighted by Crippen LogP contribution is 2.22. The van der Waals surface area contributed by atoms with Crippen LogP contribution in [0.1, 0.15) is 55.4 Å². The average molecular weight is 323 g/mol. The molecule has 0 fully saturated rings. The van der Waals surface area contributed by atoms with Crippen molar-refractivity contribution in [1.82, 2.24) is 0 Å². The van der Waals surface area contributed by atoms with Gasteiger partial charge in [0, 0.05) is 11.5 Å². The van der Waals surface area contributed by atoms with Crippen LogP contribution in [0.25, 0.3) is 0 Å². The third-order valence-electron chi connectivity index (χ3n) is 2.50. The molecule has 0 radical (unpaired) electrons. The van der Waals surface area contributed by atoms with Crippen LogP contribution in [-0.2, 0) is 9.47 Å². The Morgan fingerprint density at radius 2 is 0.900 bits per heavy atom. The first-order chi connectivity index (χ1) is 9.22. The van der Waals surface area contributed by atoms with Crippen molar-refractivity contribution in [2.24, 2.45) is 0 Å². The van der Waals surface area contributed by atoms with Gasteiger partial charge < -0.3 is 9.47 Å². The molecule has 122 valence electrons. The number of thioether (sulfide) groups is 2. The summed E-state index contributed by atoms with van der Waals surface area (Å²) < 4.78 is 12.3. The van der Waals surface area contributed by atoms with Crippen LogP contribution in [0.15, 0.2) is 0 Å². The maximum absolute atomic E-state index is 6.14. The van der Waals surface area contributed by atoms with Crippen molar-refractivity contribution in [2.45, 2.75) is 90.3 Å². The van der Waals surface area contributed by atoms with Gasteiger partial charge in [-0.1, -0.05) is 27.7 Å². The fourth-order valence-electron chi connectivity index (χ4n) is 1.74. The van der Waals surface area contributed by atoms with E-state index in [2.05, 4.69) is 55.4 Å². The first-order valence-electron chi connectivity index (χ1n) is 7.76. The molecule has 0 aromatic rings. The Kier molecular flexibility index (Phi) is 11.6. The minimum absolute atomic E-state index is 0.177. The summed E-state index contributed by atoms with van der Waals surface area (Å²) in [4.78, 5) is 0. The topological polar surface area (TPSA) is 18.5 Å². The van der Waals surface area contributed by atoms with Crippen LogP contribution in [0.5, 0.6) is 0 Å².